The van der Waals surface area contributed by atoms with Gasteiger partial charge in [-0.3, -0.25) is 14.9 Å². The maximum Gasteiger partial charge on any atom is 0.331 e. The Morgan fingerprint density at radius 1 is 0.938 bits per heavy atom. The predicted molar refractivity (Wildman–Crippen MR) is 118 cm³/mol. The summed E-state index contributed by atoms with van der Waals surface area (Å²) in [4.78, 5) is 38.2. The average molecular weight is 429 g/mol. The Hall–Kier alpha value is -4.57. The lowest BCUT2D eigenvalue weighted by molar-refractivity contribution is 0.0705. The number of urea groups is 1. The van der Waals surface area contributed by atoms with Crippen molar-refractivity contribution in [3.05, 3.63) is 96.5 Å². The molecule has 3 aromatic rings. The zero-order valence-electron chi connectivity index (χ0n) is 16.7. The normalized spacial score (nSPS) is 17.0. The van der Waals surface area contributed by atoms with Crippen molar-refractivity contribution in [3.63, 3.8) is 0 Å². The van der Waals surface area contributed by atoms with Crippen LogP contribution < -0.4 is 16.1 Å². The molecule has 0 radical (unpaired) electrons. The fraction of sp³-hybridized carbons (Fsp3) is 0.0455. The van der Waals surface area contributed by atoms with Gasteiger partial charge in [0.2, 0.25) is 5.95 Å². The molecular formula is C22H19N7O3. The second-order valence-electron chi connectivity index (χ2n) is 6.76. The second kappa shape index (κ2) is 9.06. The number of hydroxylamine groups is 1. The molecular weight excluding hydrogens is 410 g/mol. The number of anilines is 2. The minimum Gasteiger partial charge on any atom is -0.323 e. The van der Waals surface area contributed by atoms with Gasteiger partial charge in [-0.2, -0.15) is 0 Å². The van der Waals surface area contributed by atoms with E-state index < -0.39 is 11.6 Å². The van der Waals surface area contributed by atoms with Crippen molar-refractivity contribution in [2.45, 2.75) is 5.66 Å². The van der Waals surface area contributed by atoms with E-state index in [-0.39, 0.29) is 17.5 Å². The van der Waals surface area contributed by atoms with Crippen molar-refractivity contribution in [1.29, 1.82) is 0 Å². The molecule has 0 fully saturated rings. The molecule has 4 rings (SSSR count). The number of hydrogen-bond acceptors (Lipinski definition) is 7. The first kappa shape index (κ1) is 20.7. The molecule has 2 aromatic carbocycles. The Labute approximate surface area is 183 Å². The largest absolute Gasteiger partial charge is 0.331 e. The van der Waals surface area contributed by atoms with E-state index in [1.54, 1.807) is 24.4 Å². The first-order valence-electron chi connectivity index (χ1n) is 9.59. The van der Waals surface area contributed by atoms with E-state index in [9.17, 15) is 9.59 Å². The quantitative estimate of drug-likeness (QED) is 0.364. The lowest BCUT2D eigenvalue weighted by Crippen LogP contribution is -2.39. The number of aliphatic imine (C=N–C) groups is 1. The van der Waals surface area contributed by atoms with E-state index in [1.807, 2.05) is 48.5 Å². The third-order valence-corrected chi connectivity index (χ3v) is 4.65. The van der Waals surface area contributed by atoms with Crippen LogP contribution in [0.1, 0.15) is 15.9 Å². The summed E-state index contributed by atoms with van der Waals surface area (Å²) >= 11 is 0. The highest BCUT2D eigenvalue weighted by molar-refractivity contribution is 5.97. The van der Waals surface area contributed by atoms with E-state index >= 15 is 0 Å². The number of carbonyl (C=O) groups is 2. The van der Waals surface area contributed by atoms with Crippen LogP contribution in [0.2, 0.25) is 0 Å². The summed E-state index contributed by atoms with van der Waals surface area (Å²) in [5.74, 6) is -0.516. The number of aromatic nitrogens is 2. The number of rotatable bonds is 5. The van der Waals surface area contributed by atoms with E-state index in [1.165, 1.54) is 29.1 Å². The van der Waals surface area contributed by atoms with Gasteiger partial charge in [0.05, 0.1) is 5.56 Å². The second-order valence-corrected chi connectivity index (χ2v) is 6.76. The Morgan fingerprint density at radius 3 is 2.19 bits per heavy atom. The van der Waals surface area contributed by atoms with Crippen molar-refractivity contribution in [2.24, 2.45) is 4.99 Å². The summed E-state index contributed by atoms with van der Waals surface area (Å²) in [5.41, 5.74) is 2.00. The van der Waals surface area contributed by atoms with Crippen molar-refractivity contribution in [1.82, 2.24) is 20.3 Å². The maximum absolute atomic E-state index is 12.6. The van der Waals surface area contributed by atoms with Crippen LogP contribution >= 0.6 is 0 Å². The zero-order chi connectivity index (χ0) is 22.4. The molecule has 10 nitrogen and oxygen atoms in total. The van der Waals surface area contributed by atoms with Crippen LogP contribution in [0.4, 0.5) is 16.4 Å². The van der Waals surface area contributed by atoms with Gasteiger partial charge in [-0.15, -0.1) is 0 Å². The van der Waals surface area contributed by atoms with Gasteiger partial charge >= 0.3 is 6.03 Å². The molecule has 0 aliphatic carbocycles. The summed E-state index contributed by atoms with van der Waals surface area (Å²) in [7, 11) is 0. The summed E-state index contributed by atoms with van der Waals surface area (Å²) < 4.78 is 0. The van der Waals surface area contributed by atoms with Gasteiger partial charge in [0.15, 0.2) is 5.66 Å². The van der Waals surface area contributed by atoms with Gasteiger partial charge < -0.3 is 10.6 Å². The summed E-state index contributed by atoms with van der Waals surface area (Å²) in [6.45, 7) is 0. The molecule has 10 heteroatoms. The Morgan fingerprint density at radius 2 is 1.59 bits per heavy atom. The highest BCUT2D eigenvalue weighted by Crippen LogP contribution is 2.30. The maximum atomic E-state index is 12.6. The number of amides is 3. The molecule has 0 bridgehead atoms. The molecule has 4 N–H and O–H groups in total. The molecule has 1 aromatic heterocycles. The lowest BCUT2D eigenvalue weighted by Gasteiger charge is -2.32. The number of nitrogens with one attached hydrogen (secondary N) is 3. The molecule has 1 aliphatic heterocycles. The van der Waals surface area contributed by atoms with Crippen molar-refractivity contribution in [3.8, 4) is 0 Å². The SMILES string of the molecule is O=C(NO)c1cnc(NC2(c3ccccc3)C=CN(C(=O)Nc3ccccc3)C=N2)nc1. The molecule has 32 heavy (non-hydrogen) atoms. The fourth-order valence-corrected chi connectivity index (χ4v) is 3.01. The van der Waals surface area contributed by atoms with Crippen LogP contribution in [-0.2, 0) is 5.66 Å². The standard InChI is InChI=1S/C22H19N7O3/c30-19(28-32)16-13-23-20(24-14-16)27-22(17-7-3-1-4-8-17)11-12-29(15-25-22)21(31)26-18-9-5-2-6-10-18/h1-15,32H,(H,26,31)(H,28,30)(H,23,24,27). The predicted octanol–water partition coefficient (Wildman–Crippen LogP) is 2.95. The summed E-state index contributed by atoms with van der Waals surface area (Å²) in [5, 5.41) is 14.7. The van der Waals surface area contributed by atoms with Crippen LogP contribution in [0.5, 0.6) is 0 Å². The molecule has 2 heterocycles. The summed E-state index contributed by atoms with van der Waals surface area (Å²) in [6, 6.07) is 18.1. The smallest absolute Gasteiger partial charge is 0.323 e. The number of carbonyl (C=O) groups excluding carboxylic acids is 2. The van der Waals surface area contributed by atoms with Gasteiger partial charge in [-0.1, -0.05) is 48.5 Å². The zero-order valence-corrected chi connectivity index (χ0v) is 16.7. The Bertz CT molecular complexity index is 1140. The molecule has 1 unspecified atom stereocenters. The number of para-hydroxylation sites is 1. The number of hydrogen-bond donors (Lipinski definition) is 4. The van der Waals surface area contributed by atoms with Crippen LogP contribution in [0, 0.1) is 0 Å². The van der Waals surface area contributed by atoms with Crippen molar-refractivity contribution in [2.75, 3.05) is 10.6 Å². The Balaban J connectivity index is 1.57. The van der Waals surface area contributed by atoms with E-state index in [2.05, 4.69) is 25.6 Å². The number of benzene rings is 2. The molecule has 1 atom stereocenters. The first-order valence-corrected chi connectivity index (χ1v) is 9.59. The van der Waals surface area contributed by atoms with Gasteiger partial charge in [-0.25, -0.2) is 25.2 Å². The van der Waals surface area contributed by atoms with E-state index in [4.69, 9.17) is 5.21 Å². The highest BCUT2D eigenvalue weighted by Gasteiger charge is 2.32. The third kappa shape index (κ3) is 4.45. The van der Waals surface area contributed by atoms with Crippen LogP contribution in [0.3, 0.4) is 0 Å². The monoisotopic (exact) mass is 429 g/mol. The third-order valence-electron chi connectivity index (χ3n) is 4.65. The Kier molecular flexibility index (Phi) is 5.86. The topological polar surface area (TPSA) is 132 Å². The van der Waals surface area contributed by atoms with Gasteiger partial charge in [-0.05, 0) is 18.2 Å². The lowest BCUT2D eigenvalue weighted by atomic mass is 9.99. The highest BCUT2D eigenvalue weighted by atomic mass is 16.5. The molecule has 3 amide bonds. The van der Waals surface area contributed by atoms with Gasteiger partial charge in [0.1, 0.15) is 6.34 Å². The molecule has 0 spiro atoms. The number of nitrogens with zero attached hydrogens (tertiary/aromatic N) is 4. The molecule has 0 saturated heterocycles. The van der Waals surface area contributed by atoms with E-state index in [0.717, 1.165) is 5.56 Å². The fourth-order valence-electron chi connectivity index (χ4n) is 3.01. The minimum atomic E-state index is -1.08. The van der Waals surface area contributed by atoms with E-state index in [0.29, 0.717) is 5.69 Å². The van der Waals surface area contributed by atoms with Crippen LogP contribution in [0.15, 0.2) is 90.3 Å². The van der Waals surface area contributed by atoms with Crippen molar-refractivity contribution >= 4 is 29.9 Å². The van der Waals surface area contributed by atoms with Crippen LogP contribution in [0.25, 0.3) is 0 Å². The minimum absolute atomic E-state index is 0.0956. The van der Waals surface area contributed by atoms with Gasteiger partial charge in [0.25, 0.3) is 5.91 Å². The molecule has 1 aliphatic rings. The van der Waals surface area contributed by atoms with Crippen LogP contribution in [-0.4, -0.2) is 38.4 Å². The average Bonchev–Trinajstić information content (AvgIpc) is 2.85. The van der Waals surface area contributed by atoms with Gasteiger partial charge in [0, 0.05) is 29.8 Å². The molecule has 160 valence electrons. The first-order chi connectivity index (χ1) is 15.6. The molecule has 0 saturated carbocycles. The van der Waals surface area contributed by atoms with Crippen molar-refractivity contribution < 1.29 is 14.8 Å². The summed E-state index contributed by atoms with van der Waals surface area (Å²) in [6.07, 6.45) is 7.26.